The minimum atomic E-state index is -0.409. The molecule has 90 valence electrons. The van der Waals surface area contributed by atoms with Crippen LogP contribution >= 0.6 is 0 Å². The molecule has 0 aliphatic rings. The van der Waals surface area contributed by atoms with Gasteiger partial charge in [0.2, 0.25) is 0 Å². The maximum atomic E-state index is 13.0. The van der Waals surface area contributed by atoms with Gasteiger partial charge >= 0.3 is 0 Å². The second-order valence-electron chi connectivity index (χ2n) is 3.95. The number of hydrogen-bond donors (Lipinski definition) is 1. The minimum Gasteiger partial charge on any atom is -0.377 e. The van der Waals surface area contributed by atoms with Crippen molar-refractivity contribution in [3.63, 3.8) is 0 Å². The SMILES string of the molecule is C[C@H](Nc1ccc(F)cc1C#N)c1ccncc1. The zero-order chi connectivity index (χ0) is 13.0. The third-order valence-corrected chi connectivity index (χ3v) is 2.68. The van der Waals surface area contributed by atoms with Crippen molar-refractivity contribution in [3.8, 4) is 6.07 Å². The van der Waals surface area contributed by atoms with Crippen LogP contribution in [0.3, 0.4) is 0 Å². The highest BCUT2D eigenvalue weighted by Gasteiger charge is 2.08. The summed E-state index contributed by atoms with van der Waals surface area (Å²) in [6, 6.07) is 9.92. The molecule has 0 radical (unpaired) electrons. The van der Waals surface area contributed by atoms with Crippen molar-refractivity contribution in [2.45, 2.75) is 13.0 Å². The molecule has 0 aliphatic carbocycles. The molecule has 1 aromatic carbocycles. The van der Waals surface area contributed by atoms with Crippen molar-refractivity contribution in [2.24, 2.45) is 0 Å². The van der Waals surface area contributed by atoms with Gasteiger partial charge in [-0.3, -0.25) is 4.98 Å². The first kappa shape index (κ1) is 12.1. The molecule has 0 spiro atoms. The average molecular weight is 241 g/mol. The van der Waals surface area contributed by atoms with Crippen LogP contribution < -0.4 is 5.32 Å². The number of hydrogen-bond acceptors (Lipinski definition) is 3. The van der Waals surface area contributed by atoms with Crippen molar-refractivity contribution in [3.05, 3.63) is 59.7 Å². The fourth-order valence-electron chi connectivity index (χ4n) is 1.70. The Kier molecular flexibility index (Phi) is 3.54. The summed E-state index contributed by atoms with van der Waals surface area (Å²) in [5, 5.41) is 12.1. The molecule has 0 unspecified atom stereocenters. The molecule has 3 nitrogen and oxygen atoms in total. The predicted molar refractivity (Wildman–Crippen MR) is 67.4 cm³/mol. The number of aromatic nitrogens is 1. The van der Waals surface area contributed by atoms with Gasteiger partial charge in [-0.15, -0.1) is 0 Å². The van der Waals surface area contributed by atoms with E-state index in [-0.39, 0.29) is 6.04 Å². The second-order valence-corrected chi connectivity index (χ2v) is 3.95. The van der Waals surface area contributed by atoms with Gasteiger partial charge in [-0.05, 0) is 42.8 Å². The molecule has 4 heteroatoms. The quantitative estimate of drug-likeness (QED) is 0.897. The van der Waals surface area contributed by atoms with Gasteiger partial charge in [0.15, 0.2) is 0 Å². The Morgan fingerprint density at radius 2 is 2.00 bits per heavy atom. The van der Waals surface area contributed by atoms with E-state index in [4.69, 9.17) is 5.26 Å². The van der Waals surface area contributed by atoms with Gasteiger partial charge in [0.05, 0.1) is 11.3 Å². The summed E-state index contributed by atoms with van der Waals surface area (Å²) < 4.78 is 13.0. The van der Waals surface area contributed by atoms with E-state index in [0.29, 0.717) is 11.3 Å². The number of nitrogens with one attached hydrogen (secondary N) is 1. The summed E-state index contributed by atoms with van der Waals surface area (Å²) in [6.07, 6.45) is 3.42. The molecule has 18 heavy (non-hydrogen) atoms. The highest BCUT2D eigenvalue weighted by Crippen LogP contribution is 2.22. The van der Waals surface area contributed by atoms with Crippen LogP contribution in [0.4, 0.5) is 10.1 Å². The Hall–Kier alpha value is -2.41. The van der Waals surface area contributed by atoms with Crippen LogP contribution in [0.5, 0.6) is 0 Å². The minimum absolute atomic E-state index is 0.0190. The lowest BCUT2D eigenvalue weighted by molar-refractivity contribution is 0.627. The molecule has 1 aromatic heterocycles. The van der Waals surface area contributed by atoms with Crippen LogP contribution in [0.1, 0.15) is 24.1 Å². The van der Waals surface area contributed by atoms with E-state index >= 15 is 0 Å². The van der Waals surface area contributed by atoms with E-state index in [1.165, 1.54) is 12.1 Å². The van der Waals surface area contributed by atoms with Crippen molar-refractivity contribution < 1.29 is 4.39 Å². The zero-order valence-electron chi connectivity index (χ0n) is 9.89. The topological polar surface area (TPSA) is 48.7 Å². The van der Waals surface area contributed by atoms with Crippen molar-refractivity contribution in [2.75, 3.05) is 5.32 Å². The number of halogens is 1. The first-order valence-electron chi connectivity index (χ1n) is 5.57. The van der Waals surface area contributed by atoms with E-state index < -0.39 is 5.82 Å². The predicted octanol–water partition coefficient (Wildman–Crippen LogP) is 3.27. The molecule has 1 heterocycles. The Morgan fingerprint density at radius 1 is 1.28 bits per heavy atom. The Balaban J connectivity index is 2.22. The van der Waals surface area contributed by atoms with Crippen LogP contribution in [0.25, 0.3) is 0 Å². The molecule has 0 saturated heterocycles. The molecule has 1 N–H and O–H groups in total. The largest absolute Gasteiger partial charge is 0.377 e. The lowest BCUT2D eigenvalue weighted by atomic mass is 10.1. The molecule has 0 bridgehead atoms. The zero-order valence-corrected chi connectivity index (χ0v) is 9.89. The number of benzene rings is 1. The first-order chi connectivity index (χ1) is 8.70. The fraction of sp³-hybridized carbons (Fsp3) is 0.143. The van der Waals surface area contributed by atoms with Gasteiger partial charge in [-0.25, -0.2) is 4.39 Å². The van der Waals surface area contributed by atoms with Crippen molar-refractivity contribution >= 4 is 5.69 Å². The number of anilines is 1. The van der Waals surface area contributed by atoms with Gasteiger partial charge < -0.3 is 5.32 Å². The Morgan fingerprint density at radius 3 is 2.67 bits per heavy atom. The van der Waals surface area contributed by atoms with Gasteiger partial charge in [-0.1, -0.05) is 0 Å². The third kappa shape index (κ3) is 2.64. The highest BCUT2D eigenvalue weighted by molar-refractivity contribution is 5.58. The van der Waals surface area contributed by atoms with Crippen molar-refractivity contribution in [1.82, 2.24) is 4.98 Å². The lowest BCUT2D eigenvalue weighted by Gasteiger charge is -2.16. The summed E-state index contributed by atoms with van der Waals surface area (Å²) in [5.74, 6) is -0.409. The standard InChI is InChI=1S/C14H12FN3/c1-10(11-4-6-17-7-5-11)18-14-3-2-13(15)8-12(14)9-16/h2-8,10,18H,1H3/t10-/m0/s1. The molecule has 2 rings (SSSR count). The highest BCUT2D eigenvalue weighted by atomic mass is 19.1. The van der Waals surface area contributed by atoms with Gasteiger partial charge in [0.1, 0.15) is 11.9 Å². The molecule has 0 fully saturated rings. The fourth-order valence-corrected chi connectivity index (χ4v) is 1.70. The molecular weight excluding hydrogens is 229 g/mol. The van der Waals surface area contributed by atoms with Crippen LogP contribution in [0.2, 0.25) is 0 Å². The smallest absolute Gasteiger partial charge is 0.124 e. The summed E-state index contributed by atoms with van der Waals surface area (Å²) >= 11 is 0. The summed E-state index contributed by atoms with van der Waals surface area (Å²) in [7, 11) is 0. The third-order valence-electron chi connectivity index (χ3n) is 2.68. The maximum absolute atomic E-state index is 13.0. The Bertz CT molecular complexity index is 575. The number of nitrogens with zero attached hydrogens (tertiary/aromatic N) is 2. The number of nitriles is 1. The molecule has 0 aliphatic heterocycles. The van der Waals surface area contributed by atoms with Gasteiger partial charge in [0, 0.05) is 18.4 Å². The number of rotatable bonds is 3. The van der Waals surface area contributed by atoms with Crippen LogP contribution in [0.15, 0.2) is 42.7 Å². The average Bonchev–Trinajstić information content (AvgIpc) is 2.41. The van der Waals surface area contributed by atoms with E-state index in [1.54, 1.807) is 18.5 Å². The summed E-state index contributed by atoms with van der Waals surface area (Å²) in [4.78, 5) is 3.95. The van der Waals surface area contributed by atoms with Crippen molar-refractivity contribution in [1.29, 1.82) is 5.26 Å². The lowest BCUT2D eigenvalue weighted by Crippen LogP contribution is -2.08. The first-order valence-corrected chi connectivity index (χ1v) is 5.57. The van der Waals surface area contributed by atoms with Crippen LogP contribution in [-0.4, -0.2) is 4.98 Å². The van der Waals surface area contributed by atoms with E-state index in [2.05, 4.69) is 10.3 Å². The van der Waals surface area contributed by atoms with E-state index in [0.717, 1.165) is 5.56 Å². The number of pyridine rings is 1. The van der Waals surface area contributed by atoms with E-state index in [9.17, 15) is 4.39 Å². The summed E-state index contributed by atoms with van der Waals surface area (Å²) in [6.45, 7) is 1.97. The Labute approximate surface area is 105 Å². The molecule has 1 atom stereocenters. The maximum Gasteiger partial charge on any atom is 0.124 e. The van der Waals surface area contributed by atoms with Gasteiger partial charge in [-0.2, -0.15) is 5.26 Å². The van der Waals surface area contributed by atoms with Crippen LogP contribution in [0, 0.1) is 17.1 Å². The molecule has 0 saturated carbocycles. The molecule has 0 amide bonds. The molecule has 2 aromatic rings. The van der Waals surface area contributed by atoms with E-state index in [1.807, 2.05) is 25.1 Å². The van der Waals surface area contributed by atoms with Gasteiger partial charge in [0.25, 0.3) is 0 Å². The second kappa shape index (κ2) is 5.28. The van der Waals surface area contributed by atoms with Crippen LogP contribution in [-0.2, 0) is 0 Å². The normalized spacial score (nSPS) is 11.6. The monoisotopic (exact) mass is 241 g/mol. The summed E-state index contributed by atoms with van der Waals surface area (Å²) in [5.41, 5.74) is 1.98. The molecular formula is C14H12FN3.